The van der Waals surface area contributed by atoms with Gasteiger partial charge in [0.1, 0.15) is 0 Å². The van der Waals surface area contributed by atoms with E-state index in [1.165, 1.54) is 0 Å². The lowest BCUT2D eigenvalue weighted by molar-refractivity contribution is -0.141. The maximum Gasteiger partial charge on any atom is 0.307 e. The zero-order chi connectivity index (χ0) is 14.4. The van der Waals surface area contributed by atoms with Gasteiger partial charge in [-0.3, -0.25) is 9.69 Å². The van der Waals surface area contributed by atoms with Gasteiger partial charge in [0.2, 0.25) is 0 Å². The first-order valence-corrected chi connectivity index (χ1v) is 6.96. The van der Waals surface area contributed by atoms with Crippen LogP contribution in [-0.2, 0) is 11.3 Å². The van der Waals surface area contributed by atoms with Crippen molar-refractivity contribution in [3.8, 4) is 0 Å². The zero-order valence-electron chi connectivity index (χ0n) is 11.8. The predicted molar refractivity (Wildman–Crippen MR) is 78.4 cm³/mol. The normalized spacial score (nSPS) is 12.9. The number of aliphatic carboxylic acids is 1. The monoisotopic (exact) mass is 283 g/mol. The maximum absolute atomic E-state index is 11.0. The second kappa shape index (κ2) is 7.51. The first kappa shape index (κ1) is 16.0. The van der Waals surface area contributed by atoms with Gasteiger partial charge in [0.05, 0.1) is 5.92 Å². The van der Waals surface area contributed by atoms with Gasteiger partial charge >= 0.3 is 5.97 Å². The van der Waals surface area contributed by atoms with E-state index in [1.54, 1.807) is 6.92 Å². The topological polar surface area (TPSA) is 40.5 Å². The van der Waals surface area contributed by atoms with Gasteiger partial charge in [0.25, 0.3) is 0 Å². The molecule has 19 heavy (non-hydrogen) atoms. The fraction of sp³-hybridized carbons (Fsp3) is 0.533. The third kappa shape index (κ3) is 5.62. The summed E-state index contributed by atoms with van der Waals surface area (Å²) in [6, 6.07) is 7.71. The Morgan fingerprint density at radius 2 is 1.89 bits per heavy atom. The molecule has 0 bridgehead atoms. The third-order valence-corrected chi connectivity index (χ3v) is 3.30. The molecule has 1 atom stereocenters. The Hall–Kier alpha value is -1.06. The van der Waals surface area contributed by atoms with Crippen molar-refractivity contribution < 1.29 is 9.90 Å². The van der Waals surface area contributed by atoms with E-state index >= 15 is 0 Å². The molecule has 0 aliphatic carbocycles. The predicted octanol–water partition coefficient (Wildman–Crippen LogP) is 3.52. The average molecular weight is 284 g/mol. The molecule has 106 valence electrons. The van der Waals surface area contributed by atoms with Crippen LogP contribution in [0.2, 0.25) is 5.02 Å². The number of carboxylic acids is 1. The number of benzene rings is 1. The molecule has 0 aliphatic heterocycles. The summed E-state index contributed by atoms with van der Waals surface area (Å²) in [6.07, 6.45) is 0. The van der Waals surface area contributed by atoms with Crippen LogP contribution in [0.15, 0.2) is 24.3 Å². The van der Waals surface area contributed by atoms with Crippen LogP contribution >= 0.6 is 11.6 Å². The highest BCUT2D eigenvalue weighted by atomic mass is 35.5. The van der Waals surface area contributed by atoms with Gasteiger partial charge in [-0.2, -0.15) is 0 Å². The van der Waals surface area contributed by atoms with E-state index in [4.69, 9.17) is 16.7 Å². The molecule has 0 radical (unpaired) electrons. The SMILES string of the molecule is CC(C)CN(Cc1ccccc1Cl)CC(C)C(=O)O. The number of rotatable bonds is 7. The Morgan fingerprint density at radius 3 is 2.42 bits per heavy atom. The summed E-state index contributed by atoms with van der Waals surface area (Å²) in [7, 11) is 0. The van der Waals surface area contributed by atoms with E-state index in [1.807, 2.05) is 24.3 Å². The molecule has 0 aliphatic rings. The van der Waals surface area contributed by atoms with Crippen LogP contribution in [-0.4, -0.2) is 29.1 Å². The summed E-state index contributed by atoms with van der Waals surface area (Å²) in [5, 5.41) is 9.77. The number of hydrogen-bond donors (Lipinski definition) is 1. The van der Waals surface area contributed by atoms with E-state index < -0.39 is 5.97 Å². The van der Waals surface area contributed by atoms with Gasteiger partial charge in [-0.25, -0.2) is 0 Å². The summed E-state index contributed by atoms with van der Waals surface area (Å²) in [6.45, 7) is 8.09. The average Bonchev–Trinajstić information content (AvgIpc) is 2.31. The quantitative estimate of drug-likeness (QED) is 0.832. The van der Waals surface area contributed by atoms with E-state index in [2.05, 4.69) is 18.7 Å². The fourth-order valence-corrected chi connectivity index (χ4v) is 2.25. The molecule has 0 fully saturated rings. The summed E-state index contributed by atoms with van der Waals surface area (Å²) >= 11 is 6.16. The Bertz CT molecular complexity index is 420. The lowest BCUT2D eigenvalue weighted by Crippen LogP contribution is -2.34. The lowest BCUT2D eigenvalue weighted by Gasteiger charge is -2.26. The standard InChI is InChI=1S/C15H22ClNO2/c1-11(2)8-17(9-12(3)15(18)19)10-13-6-4-5-7-14(13)16/h4-7,11-12H,8-10H2,1-3H3,(H,18,19). The summed E-state index contributed by atoms with van der Waals surface area (Å²) < 4.78 is 0. The lowest BCUT2D eigenvalue weighted by atomic mass is 10.1. The second-order valence-electron chi connectivity index (χ2n) is 5.42. The number of nitrogens with zero attached hydrogens (tertiary/aromatic N) is 1. The van der Waals surface area contributed by atoms with Gasteiger partial charge in [-0.05, 0) is 17.5 Å². The molecule has 0 heterocycles. The zero-order valence-corrected chi connectivity index (χ0v) is 12.5. The Kier molecular flexibility index (Phi) is 6.32. The van der Waals surface area contributed by atoms with Crippen LogP contribution in [0.4, 0.5) is 0 Å². The summed E-state index contributed by atoms with van der Waals surface area (Å²) in [4.78, 5) is 13.1. The Balaban J connectivity index is 2.74. The summed E-state index contributed by atoms with van der Waals surface area (Å²) in [5.74, 6) is -0.641. The van der Waals surface area contributed by atoms with Gasteiger partial charge < -0.3 is 5.11 Å². The van der Waals surface area contributed by atoms with Gasteiger partial charge in [-0.1, -0.05) is 50.6 Å². The molecule has 1 N–H and O–H groups in total. The van der Waals surface area contributed by atoms with Crippen molar-refractivity contribution in [2.24, 2.45) is 11.8 Å². The molecule has 1 aromatic rings. The smallest absolute Gasteiger partial charge is 0.307 e. The molecule has 3 nitrogen and oxygen atoms in total. The first-order valence-electron chi connectivity index (χ1n) is 6.58. The third-order valence-electron chi connectivity index (χ3n) is 2.93. The van der Waals surface area contributed by atoms with Crippen LogP contribution in [0, 0.1) is 11.8 Å². The molecule has 0 aromatic heterocycles. The highest BCUT2D eigenvalue weighted by Gasteiger charge is 2.17. The van der Waals surface area contributed by atoms with Crippen LogP contribution in [0.5, 0.6) is 0 Å². The van der Waals surface area contributed by atoms with Gasteiger partial charge in [0.15, 0.2) is 0 Å². The molecule has 4 heteroatoms. The highest BCUT2D eigenvalue weighted by molar-refractivity contribution is 6.31. The minimum Gasteiger partial charge on any atom is -0.481 e. The molecule has 1 aromatic carbocycles. The van der Waals surface area contributed by atoms with E-state index in [0.29, 0.717) is 19.0 Å². The molecular formula is C15H22ClNO2. The Labute approximate surface area is 120 Å². The molecule has 1 unspecified atom stereocenters. The Morgan fingerprint density at radius 1 is 1.26 bits per heavy atom. The molecular weight excluding hydrogens is 262 g/mol. The van der Waals surface area contributed by atoms with Crippen LogP contribution < -0.4 is 0 Å². The maximum atomic E-state index is 11.0. The van der Waals surface area contributed by atoms with Crippen LogP contribution in [0.25, 0.3) is 0 Å². The molecule has 0 amide bonds. The number of hydrogen-bond acceptors (Lipinski definition) is 2. The number of carbonyl (C=O) groups is 1. The van der Waals surface area contributed by atoms with Crippen molar-refractivity contribution in [1.82, 2.24) is 4.90 Å². The summed E-state index contributed by atoms with van der Waals surface area (Å²) in [5.41, 5.74) is 1.04. The molecule has 0 saturated carbocycles. The van der Waals surface area contributed by atoms with Crippen molar-refractivity contribution in [2.45, 2.75) is 27.3 Å². The van der Waals surface area contributed by atoms with Crippen LogP contribution in [0.1, 0.15) is 26.3 Å². The first-order chi connectivity index (χ1) is 8.90. The van der Waals surface area contributed by atoms with Crippen molar-refractivity contribution in [3.63, 3.8) is 0 Å². The minimum absolute atomic E-state index is 0.374. The fourth-order valence-electron chi connectivity index (χ4n) is 2.05. The van der Waals surface area contributed by atoms with Crippen molar-refractivity contribution in [3.05, 3.63) is 34.9 Å². The number of halogens is 1. The van der Waals surface area contributed by atoms with Crippen LogP contribution in [0.3, 0.4) is 0 Å². The van der Waals surface area contributed by atoms with E-state index in [-0.39, 0.29) is 5.92 Å². The largest absolute Gasteiger partial charge is 0.481 e. The molecule has 0 saturated heterocycles. The number of carboxylic acid groups (broad SMARTS) is 1. The molecule has 1 rings (SSSR count). The van der Waals surface area contributed by atoms with Crippen molar-refractivity contribution >= 4 is 17.6 Å². The van der Waals surface area contributed by atoms with E-state index in [9.17, 15) is 4.79 Å². The van der Waals surface area contributed by atoms with Crippen molar-refractivity contribution in [1.29, 1.82) is 0 Å². The highest BCUT2D eigenvalue weighted by Crippen LogP contribution is 2.18. The van der Waals surface area contributed by atoms with Gasteiger partial charge in [0, 0.05) is 24.7 Å². The minimum atomic E-state index is -0.757. The molecule has 0 spiro atoms. The van der Waals surface area contributed by atoms with Crippen molar-refractivity contribution in [2.75, 3.05) is 13.1 Å². The van der Waals surface area contributed by atoms with E-state index in [0.717, 1.165) is 17.1 Å². The second-order valence-corrected chi connectivity index (χ2v) is 5.83. The van der Waals surface area contributed by atoms with Gasteiger partial charge in [-0.15, -0.1) is 0 Å².